The molecule has 0 aliphatic heterocycles. The lowest BCUT2D eigenvalue weighted by Crippen LogP contribution is -2.28. The Morgan fingerprint density at radius 1 is 0.935 bits per heavy atom. The Balaban J connectivity index is 1.54. The minimum absolute atomic E-state index is 0.527. The predicted molar refractivity (Wildman–Crippen MR) is 130 cm³/mol. The Hall–Kier alpha value is -3.64. The van der Waals surface area contributed by atoms with Gasteiger partial charge in [0.1, 0.15) is 5.75 Å². The topological polar surface area (TPSA) is 51.1 Å². The van der Waals surface area contributed by atoms with Gasteiger partial charge >= 0.3 is 0 Å². The fourth-order valence-electron chi connectivity index (χ4n) is 3.28. The summed E-state index contributed by atoms with van der Waals surface area (Å²) < 4.78 is 7.57. The second-order valence-electron chi connectivity index (χ2n) is 6.89. The Bertz CT molecular complexity index is 1140. The van der Waals surface area contributed by atoms with Crippen molar-refractivity contribution in [3.05, 3.63) is 96.7 Å². The van der Waals surface area contributed by atoms with Crippen molar-refractivity contribution in [2.24, 2.45) is 0 Å². The van der Waals surface area contributed by atoms with Crippen molar-refractivity contribution >= 4 is 23.0 Å². The van der Waals surface area contributed by atoms with Gasteiger partial charge in [0.2, 0.25) is 0 Å². The van der Waals surface area contributed by atoms with Crippen molar-refractivity contribution in [2.45, 2.75) is 13.5 Å². The van der Waals surface area contributed by atoms with E-state index in [4.69, 9.17) is 22.1 Å². The van der Waals surface area contributed by atoms with Gasteiger partial charge in [-0.25, -0.2) is 4.68 Å². The highest BCUT2D eigenvalue weighted by molar-refractivity contribution is 7.80. The fourth-order valence-corrected chi connectivity index (χ4v) is 3.47. The van der Waals surface area contributed by atoms with Gasteiger partial charge in [0, 0.05) is 23.9 Å². The minimum atomic E-state index is 0.527. The number of aromatic nitrogens is 2. The first-order valence-electron chi connectivity index (χ1n) is 10.2. The van der Waals surface area contributed by atoms with Crippen LogP contribution in [-0.2, 0) is 6.54 Å². The maximum atomic E-state index is 5.67. The summed E-state index contributed by atoms with van der Waals surface area (Å²) in [7, 11) is 0. The molecule has 4 aromatic rings. The normalized spacial score (nSPS) is 10.5. The van der Waals surface area contributed by atoms with Crippen molar-refractivity contribution in [1.82, 2.24) is 15.1 Å². The average Bonchev–Trinajstić information content (AvgIpc) is 3.25. The molecule has 3 aromatic carbocycles. The lowest BCUT2D eigenvalue weighted by Gasteiger charge is -2.14. The Morgan fingerprint density at radius 2 is 1.61 bits per heavy atom. The molecule has 5 nitrogen and oxygen atoms in total. The molecule has 0 bridgehead atoms. The van der Waals surface area contributed by atoms with E-state index in [2.05, 4.69) is 22.8 Å². The number of hydrogen-bond acceptors (Lipinski definition) is 3. The SMILES string of the molecule is CCOc1ccccc1NC(=S)NCc1cn(-c2ccccc2)nc1-c1ccccc1. The lowest BCUT2D eigenvalue weighted by molar-refractivity contribution is 0.342. The number of thiocarbonyl (C=S) groups is 1. The van der Waals surface area contributed by atoms with E-state index in [1.807, 2.05) is 90.6 Å². The van der Waals surface area contributed by atoms with Crippen LogP contribution in [0, 0.1) is 0 Å². The second kappa shape index (κ2) is 9.91. The standard InChI is InChI=1S/C25H24N4OS/c1-2-30-23-16-10-9-15-22(23)27-25(31)26-17-20-18-29(21-13-7-4-8-14-21)28-24(20)19-11-5-3-6-12-19/h3-16,18H,2,17H2,1H3,(H2,26,27,31). The Labute approximate surface area is 187 Å². The van der Waals surface area contributed by atoms with Crippen LogP contribution in [-0.4, -0.2) is 21.5 Å². The number of rotatable bonds is 7. The molecule has 0 aliphatic carbocycles. The molecule has 4 rings (SSSR count). The maximum absolute atomic E-state index is 5.67. The summed E-state index contributed by atoms with van der Waals surface area (Å²) in [6, 6.07) is 28.0. The van der Waals surface area contributed by atoms with Gasteiger partial charge in [0.25, 0.3) is 0 Å². The van der Waals surface area contributed by atoms with E-state index < -0.39 is 0 Å². The van der Waals surface area contributed by atoms with E-state index in [1.165, 1.54) is 0 Å². The summed E-state index contributed by atoms with van der Waals surface area (Å²) in [6.45, 7) is 3.10. The third-order valence-corrected chi connectivity index (χ3v) is 4.98. The van der Waals surface area contributed by atoms with Gasteiger partial charge in [0.15, 0.2) is 5.11 Å². The zero-order valence-electron chi connectivity index (χ0n) is 17.3. The van der Waals surface area contributed by atoms with Crippen molar-refractivity contribution in [1.29, 1.82) is 0 Å². The van der Waals surface area contributed by atoms with Crippen LogP contribution < -0.4 is 15.4 Å². The molecule has 1 heterocycles. The molecule has 0 aliphatic rings. The largest absolute Gasteiger partial charge is 0.492 e. The van der Waals surface area contributed by atoms with Gasteiger partial charge in [-0.3, -0.25) is 0 Å². The molecule has 0 radical (unpaired) electrons. The predicted octanol–water partition coefficient (Wildman–Crippen LogP) is 5.42. The molecule has 0 atom stereocenters. The molecule has 6 heteroatoms. The first kappa shape index (κ1) is 20.6. The Morgan fingerprint density at radius 3 is 2.35 bits per heavy atom. The van der Waals surface area contributed by atoms with Crippen LogP contribution in [0.3, 0.4) is 0 Å². The van der Waals surface area contributed by atoms with Crippen molar-refractivity contribution in [3.8, 4) is 22.7 Å². The first-order valence-corrected chi connectivity index (χ1v) is 10.6. The number of para-hydroxylation sites is 3. The number of anilines is 1. The molecule has 2 N–H and O–H groups in total. The number of nitrogens with one attached hydrogen (secondary N) is 2. The van der Waals surface area contributed by atoms with Crippen LogP contribution in [0.5, 0.6) is 5.75 Å². The van der Waals surface area contributed by atoms with E-state index in [-0.39, 0.29) is 0 Å². The summed E-state index contributed by atoms with van der Waals surface area (Å²) in [6.07, 6.45) is 2.04. The highest BCUT2D eigenvalue weighted by Crippen LogP contribution is 2.25. The summed E-state index contributed by atoms with van der Waals surface area (Å²) in [4.78, 5) is 0. The molecular weight excluding hydrogens is 404 g/mol. The van der Waals surface area contributed by atoms with Crippen molar-refractivity contribution in [2.75, 3.05) is 11.9 Å². The van der Waals surface area contributed by atoms with Gasteiger partial charge in [-0.1, -0.05) is 60.7 Å². The molecule has 0 saturated carbocycles. The van der Waals surface area contributed by atoms with E-state index in [0.29, 0.717) is 18.3 Å². The quantitative estimate of drug-likeness (QED) is 0.385. The minimum Gasteiger partial charge on any atom is -0.492 e. The third kappa shape index (κ3) is 5.10. The molecular formula is C25H24N4OS. The molecule has 0 unspecified atom stereocenters. The summed E-state index contributed by atoms with van der Waals surface area (Å²) in [5.41, 5.74) is 4.89. The molecule has 0 saturated heterocycles. The zero-order chi connectivity index (χ0) is 21.5. The van der Waals surface area contributed by atoms with Gasteiger partial charge < -0.3 is 15.4 Å². The number of nitrogens with zero attached hydrogens (tertiary/aromatic N) is 2. The summed E-state index contributed by atoms with van der Waals surface area (Å²) in [5.74, 6) is 0.774. The van der Waals surface area contributed by atoms with Crippen molar-refractivity contribution < 1.29 is 4.74 Å². The first-order chi connectivity index (χ1) is 15.2. The monoisotopic (exact) mass is 428 g/mol. The van der Waals surface area contributed by atoms with Crippen LogP contribution in [0.2, 0.25) is 0 Å². The van der Waals surface area contributed by atoms with Crippen LogP contribution >= 0.6 is 12.2 Å². The van der Waals surface area contributed by atoms with E-state index in [1.54, 1.807) is 0 Å². The molecule has 0 fully saturated rings. The van der Waals surface area contributed by atoms with Gasteiger partial charge in [-0.05, 0) is 43.4 Å². The fraction of sp³-hybridized carbons (Fsp3) is 0.120. The summed E-state index contributed by atoms with van der Waals surface area (Å²) in [5, 5.41) is 11.9. The number of benzene rings is 3. The Kier molecular flexibility index (Phi) is 6.59. The molecule has 156 valence electrons. The highest BCUT2D eigenvalue weighted by Gasteiger charge is 2.13. The van der Waals surface area contributed by atoms with Gasteiger partial charge in [-0.15, -0.1) is 0 Å². The van der Waals surface area contributed by atoms with Crippen LogP contribution in [0.4, 0.5) is 5.69 Å². The molecule has 31 heavy (non-hydrogen) atoms. The van der Waals surface area contributed by atoms with E-state index in [0.717, 1.165) is 33.9 Å². The van der Waals surface area contributed by atoms with Crippen LogP contribution in [0.1, 0.15) is 12.5 Å². The third-order valence-electron chi connectivity index (χ3n) is 4.73. The zero-order valence-corrected chi connectivity index (χ0v) is 18.1. The smallest absolute Gasteiger partial charge is 0.171 e. The summed E-state index contributed by atoms with van der Waals surface area (Å²) >= 11 is 5.53. The van der Waals surface area contributed by atoms with Gasteiger partial charge in [-0.2, -0.15) is 5.10 Å². The molecule has 0 spiro atoms. The van der Waals surface area contributed by atoms with Gasteiger partial charge in [0.05, 0.1) is 23.7 Å². The molecule has 1 aromatic heterocycles. The van der Waals surface area contributed by atoms with E-state index in [9.17, 15) is 0 Å². The second-order valence-corrected chi connectivity index (χ2v) is 7.29. The average molecular weight is 429 g/mol. The van der Waals surface area contributed by atoms with Crippen LogP contribution in [0.15, 0.2) is 91.1 Å². The van der Waals surface area contributed by atoms with Crippen LogP contribution in [0.25, 0.3) is 16.9 Å². The maximum Gasteiger partial charge on any atom is 0.171 e. The number of ether oxygens (including phenoxy) is 1. The molecule has 0 amide bonds. The highest BCUT2D eigenvalue weighted by atomic mass is 32.1. The van der Waals surface area contributed by atoms with E-state index >= 15 is 0 Å². The van der Waals surface area contributed by atoms with Crippen molar-refractivity contribution in [3.63, 3.8) is 0 Å². The lowest BCUT2D eigenvalue weighted by atomic mass is 10.1. The number of hydrogen-bond donors (Lipinski definition) is 2.